The summed E-state index contributed by atoms with van der Waals surface area (Å²) in [5, 5.41) is 6.98. The fourth-order valence-electron chi connectivity index (χ4n) is 2.49. The van der Waals surface area contributed by atoms with Gasteiger partial charge in [0.1, 0.15) is 0 Å². The van der Waals surface area contributed by atoms with Crippen molar-refractivity contribution >= 4 is 50.9 Å². The largest absolute Gasteiger partial charge is 0.468 e. The number of carbonyl (C=O) groups is 2. The number of pyridine rings is 1. The third-order valence-electron chi connectivity index (χ3n) is 3.92. The molecule has 0 aliphatic rings. The molecule has 29 heavy (non-hydrogen) atoms. The summed E-state index contributed by atoms with van der Waals surface area (Å²) in [4.78, 5) is 32.5. The number of esters is 1. The van der Waals surface area contributed by atoms with E-state index < -0.39 is 0 Å². The van der Waals surface area contributed by atoms with Crippen LogP contribution in [0, 0.1) is 0 Å². The Morgan fingerprint density at radius 2 is 2.17 bits per heavy atom. The molecule has 3 aromatic heterocycles. The molecule has 1 aromatic carbocycles. The number of aromatic nitrogens is 4. The summed E-state index contributed by atoms with van der Waals surface area (Å²) >= 11 is 2.78. The third-order valence-corrected chi connectivity index (χ3v) is 6.05. The number of rotatable bonds is 6. The van der Waals surface area contributed by atoms with Crippen LogP contribution in [0.15, 0.2) is 59.3 Å². The molecule has 0 spiro atoms. The lowest BCUT2D eigenvalue weighted by Crippen LogP contribution is -2.12. The topological polar surface area (TPSA) is 99.0 Å². The molecule has 10 heteroatoms. The summed E-state index contributed by atoms with van der Waals surface area (Å²) in [7, 11) is 1.36. The van der Waals surface area contributed by atoms with Crippen molar-refractivity contribution in [2.24, 2.45) is 0 Å². The highest BCUT2D eigenvalue weighted by atomic mass is 32.2. The highest BCUT2D eigenvalue weighted by Crippen LogP contribution is 2.31. The zero-order chi connectivity index (χ0) is 20.2. The molecule has 0 radical (unpaired) electrons. The van der Waals surface area contributed by atoms with E-state index in [9.17, 15) is 9.59 Å². The van der Waals surface area contributed by atoms with Gasteiger partial charge in [0, 0.05) is 24.3 Å². The van der Waals surface area contributed by atoms with Gasteiger partial charge in [-0.25, -0.2) is 14.6 Å². The number of amides is 1. The minimum absolute atomic E-state index is 0.210. The second-order valence-electron chi connectivity index (χ2n) is 5.84. The van der Waals surface area contributed by atoms with Crippen molar-refractivity contribution in [3.63, 3.8) is 0 Å². The molecule has 3 heterocycles. The molecule has 0 unspecified atom stereocenters. The van der Waals surface area contributed by atoms with Crippen LogP contribution in [-0.4, -0.2) is 44.5 Å². The number of nitrogens with zero attached hydrogens (tertiary/aromatic N) is 4. The van der Waals surface area contributed by atoms with Crippen LogP contribution in [0.3, 0.4) is 0 Å². The van der Waals surface area contributed by atoms with E-state index in [1.165, 1.54) is 36.4 Å². The van der Waals surface area contributed by atoms with Gasteiger partial charge in [-0.05, 0) is 36.4 Å². The standard InChI is InChI=1S/C19H15N5O3S2/c1-27-17(25)11-28-19-23-14-5-4-13(9-15(14)29-19)22-18(26)12-3-6-16(20-10-12)24-8-2-7-21-24/h2-10H,11H2,1H3,(H,22,26). The van der Waals surface area contributed by atoms with Crippen LogP contribution >= 0.6 is 23.1 Å². The van der Waals surface area contributed by atoms with Crippen molar-refractivity contribution < 1.29 is 14.3 Å². The lowest BCUT2D eigenvalue weighted by atomic mass is 10.2. The highest BCUT2D eigenvalue weighted by Gasteiger charge is 2.11. The zero-order valence-electron chi connectivity index (χ0n) is 15.2. The Morgan fingerprint density at radius 3 is 2.90 bits per heavy atom. The number of fused-ring (bicyclic) bond motifs is 1. The summed E-state index contributed by atoms with van der Waals surface area (Å²) in [6.07, 6.45) is 4.96. The van der Waals surface area contributed by atoms with Crippen molar-refractivity contribution in [1.82, 2.24) is 19.7 Å². The van der Waals surface area contributed by atoms with Gasteiger partial charge >= 0.3 is 5.97 Å². The van der Waals surface area contributed by atoms with E-state index in [4.69, 9.17) is 0 Å². The lowest BCUT2D eigenvalue weighted by Gasteiger charge is -2.06. The van der Waals surface area contributed by atoms with Gasteiger partial charge in [0.05, 0.1) is 28.6 Å². The fourth-order valence-corrected chi connectivity index (χ4v) is 4.43. The Balaban J connectivity index is 1.45. The van der Waals surface area contributed by atoms with E-state index >= 15 is 0 Å². The number of hydrogen-bond donors (Lipinski definition) is 1. The molecule has 0 bridgehead atoms. The lowest BCUT2D eigenvalue weighted by molar-refractivity contribution is -0.137. The van der Waals surface area contributed by atoms with Crippen molar-refractivity contribution in [1.29, 1.82) is 0 Å². The van der Waals surface area contributed by atoms with Gasteiger partial charge in [0.2, 0.25) is 0 Å². The van der Waals surface area contributed by atoms with Crippen molar-refractivity contribution in [3.05, 3.63) is 60.6 Å². The van der Waals surface area contributed by atoms with E-state index in [0.717, 1.165) is 14.6 Å². The van der Waals surface area contributed by atoms with Crippen LogP contribution in [0.5, 0.6) is 0 Å². The third kappa shape index (κ3) is 4.44. The highest BCUT2D eigenvalue weighted by molar-refractivity contribution is 8.01. The molecule has 4 rings (SSSR count). The summed E-state index contributed by atoms with van der Waals surface area (Å²) < 4.78 is 7.95. The van der Waals surface area contributed by atoms with E-state index in [1.807, 2.05) is 12.1 Å². The second kappa shape index (κ2) is 8.41. The zero-order valence-corrected chi connectivity index (χ0v) is 16.9. The molecular weight excluding hydrogens is 410 g/mol. The van der Waals surface area contributed by atoms with Crippen LogP contribution in [0.4, 0.5) is 5.69 Å². The summed E-state index contributed by atoms with van der Waals surface area (Å²) in [6, 6.07) is 10.7. The van der Waals surface area contributed by atoms with E-state index in [-0.39, 0.29) is 17.6 Å². The second-order valence-corrected chi connectivity index (χ2v) is 8.09. The van der Waals surface area contributed by atoms with Crippen LogP contribution in [0.1, 0.15) is 10.4 Å². The normalized spacial score (nSPS) is 10.8. The van der Waals surface area contributed by atoms with Crippen LogP contribution < -0.4 is 5.32 Å². The number of methoxy groups -OCH3 is 1. The molecule has 8 nitrogen and oxygen atoms in total. The predicted molar refractivity (Wildman–Crippen MR) is 112 cm³/mol. The number of nitrogens with one attached hydrogen (secondary N) is 1. The number of ether oxygens (including phenoxy) is 1. The van der Waals surface area contributed by atoms with E-state index in [0.29, 0.717) is 17.1 Å². The van der Waals surface area contributed by atoms with Gasteiger partial charge in [-0.3, -0.25) is 9.59 Å². The predicted octanol–water partition coefficient (Wildman–Crippen LogP) is 3.39. The van der Waals surface area contributed by atoms with Gasteiger partial charge in [0.25, 0.3) is 5.91 Å². The number of carbonyl (C=O) groups excluding carboxylic acids is 2. The smallest absolute Gasteiger partial charge is 0.316 e. The maximum atomic E-state index is 12.5. The number of thiazole rings is 1. The number of hydrogen-bond acceptors (Lipinski definition) is 8. The van der Waals surface area contributed by atoms with Gasteiger partial charge in [-0.1, -0.05) is 11.8 Å². The number of anilines is 1. The first kappa shape index (κ1) is 19.1. The van der Waals surface area contributed by atoms with Crippen LogP contribution in [0.25, 0.3) is 16.0 Å². The van der Waals surface area contributed by atoms with Gasteiger partial charge in [-0.2, -0.15) is 5.10 Å². The first-order valence-corrected chi connectivity index (χ1v) is 10.3. The van der Waals surface area contributed by atoms with E-state index in [2.05, 4.69) is 25.1 Å². The summed E-state index contributed by atoms with van der Waals surface area (Å²) in [5.41, 5.74) is 1.91. The summed E-state index contributed by atoms with van der Waals surface area (Å²) in [5.74, 6) is 0.291. The minimum atomic E-state index is -0.297. The molecule has 0 saturated carbocycles. The Kier molecular flexibility index (Phi) is 5.54. The Labute approximate surface area is 173 Å². The average molecular weight is 425 g/mol. The van der Waals surface area contributed by atoms with E-state index in [1.54, 1.807) is 41.3 Å². The monoisotopic (exact) mass is 425 g/mol. The Bertz CT molecular complexity index is 1160. The van der Waals surface area contributed by atoms with Crippen molar-refractivity contribution in [2.45, 2.75) is 4.34 Å². The molecule has 0 atom stereocenters. The summed E-state index contributed by atoms with van der Waals surface area (Å²) in [6.45, 7) is 0. The number of thioether (sulfide) groups is 1. The van der Waals surface area contributed by atoms with Crippen molar-refractivity contribution in [3.8, 4) is 5.82 Å². The molecule has 1 amide bonds. The first-order valence-electron chi connectivity index (χ1n) is 8.50. The maximum absolute atomic E-state index is 12.5. The molecule has 1 N–H and O–H groups in total. The molecule has 0 fully saturated rings. The molecule has 0 aliphatic heterocycles. The molecule has 0 aliphatic carbocycles. The first-order chi connectivity index (χ1) is 14.1. The molecule has 146 valence electrons. The van der Waals surface area contributed by atoms with Crippen LogP contribution in [-0.2, 0) is 9.53 Å². The maximum Gasteiger partial charge on any atom is 0.316 e. The van der Waals surface area contributed by atoms with Gasteiger partial charge in [0.15, 0.2) is 10.2 Å². The van der Waals surface area contributed by atoms with Crippen molar-refractivity contribution in [2.75, 3.05) is 18.2 Å². The van der Waals surface area contributed by atoms with Gasteiger partial charge < -0.3 is 10.1 Å². The average Bonchev–Trinajstić information content (AvgIpc) is 3.41. The number of benzene rings is 1. The van der Waals surface area contributed by atoms with Crippen LogP contribution in [0.2, 0.25) is 0 Å². The van der Waals surface area contributed by atoms with Gasteiger partial charge in [-0.15, -0.1) is 11.3 Å². The Hall–Kier alpha value is -3.24. The SMILES string of the molecule is COC(=O)CSc1nc2ccc(NC(=O)c3ccc(-n4cccn4)nc3)cc2s1. The Morgan fingerprint density at radius 1 is 1.28 bits per heavy atom. The molecule has 4 aromatic rings. The molecule has 0 saturated heterocycles. The minimum Gasteiger partial charge on any atom is -0.468 e. The quantitative estimate of drug-likeness (QED) is 0.373. The molecular formula is C19H15N5O3S2. The fraction of sp³-hybridized carbons (Fsp3) is 0.105.